The monoisotopic (exact) mass is 349 g/mol. The van der Waals surface area contributed by atoms with E-state index in [9.17, 15) is 0 Å². The number of hydrogen-bond donors (Lipinski definition) is 3. The van der Waals surface area contributed by atoms with Crippen LogP contribution in [0, 0.1) is 0 Å². The maximum atomic E-state index is 8.66. The van der Waals surface area contributed by atoms with Gasteiger partial charge in [-0.3, -0.25) is 4.68 Å². The standard InChI is InChI=1S/C14H19N7O2S/c1-2-10-18-11-12(15)19-14(20-13(11)24-10)17-9-7-16-21(8-9)3-5-23-6-4-22/h7-8,22H,2-6H2,1H3,(H3,15,17,19,20). The third kappa shape index (κ3) is 3.78. The average Bonchev–Trinajstić information content (AvgIpc) is 3.18. The van der Waals surface area contributed by atoms with Gasteiger partial charge in [-0.25, -0.2) is 4.98 Å². The molecular formula is C14H19N7O2S. The van der Waals surface area contributed by atoms with E-state index in [1.165, 1.54) is 11.3 Å². The SMILES string of the molecule is CCc1nc2c(N)nc(Nc3cnn(CCOCCO)c3)nc2s1. The number of nitrogens with zero attached hydrogens (tertiary/aromatic N) is 5. The third-order valence-corrected chi connectivity index (χ3v) is 4.32. The van der Waals surface area contributed by atoms with E-state index in [-0.39, 0.29) is 6.61 Å². The molecule has 0 aromatic carbocycles. The van der Waals surface area contributed by atoms with Crippen LogP contribution in [0.1, 0.15) is 11.9 Å². The molecule has 0 amide bonds. The summed E-state index contributed by atoms with van der Waals surface area (Å²) in [5.74, 6) is 0.783. The van der Waals surface area contributed by atoms with E-state index < -0.39 is 0 Å². The molecule has 0 radical (unpaired) electrons. The molecule has 0 aliphatic heterocycles. The lowest BCUT2D eigenvalue weighted by atomic mass is 10.5. The number of nitrogen functional groups attached to an aromatic ring is 1. The summed E-state index contributed by atoms with van der Waals surface area (Å²) in [6, 6.07) is 0. The Morgan fingerprint density at radius 3 is 3.00 bits per heavy atom. The van der Waals surface area contributed by atoms with Gasteiger partial charge in [0.25, 0.3) is 0 Å². The molecule has 10 heteroatoms. The Balaban J connectivity index is 1.69. The van der Waals surface area contributed by atoms with Crippen LogP contribution in [0.4, 0.5) is 17.5 Å². The molecule has 0 saturated carbocycles. The quantitative estimate of drug-likeness (QED) is 0.518. The molecule has 4 N–H and O–H groups in total. The van der Waals surface area contributed by atoms with Crippen LogP contribution in [0.3, 0.4) is 0 Å². The number of aryl methyl sites for hydroxylation is 1. The minimum absolute atomic E-state index is 0.0183. The molecule has 9 nitrogen and oxygen atoms in total. The van der Waals surface area contributed by atoms with Crippen LogP contribution in [0.25, 0.3) is 10.3 Å². The van der Waals surface area contributed by atoms with Crippen LogP contribution in [0.5, 0.6) is 0 Å². The number of aliphatic hydroxyl groups excluding tert-OH is 1. The maximum absolute atomic E-state index is 8.66. The summed E-state index contributed by atoms with van der Waals surface area (Å²) in [7, 11) is 0. The van der Waals surface area contributed by atoms with Crippen molar-refractivity contribution in [1.29, 1.82) is 0 Å². The zero-order valence-corrected chi connectivity index (χ0v) is 14.1. The zero-order valence-electron chi connectivity index (χ0n) is 13.3. The van der Waals surface area contributed by atoms with E-state index in [1.54, 1.807) is 10.9 Å². The number of thiazole rings is 1. The van der Waals surface area contributed by atoms with Crippen molar-refractivity contribution in [2.75, 3.05) is 30.9 Å². The lowest BCUT2D eigenvalue weighted by Gasteiger charge is -2.03. The number of anilines is 3. The molecule has 3 heterocycles. The number of nitrogens with two attached hydrogens (primary N) is 1. The molecule has 0 aliphatic rings. The highest BCUT2D eigenvalue weighted by Crippen LogP contribution is 2.26. The summed E-state index contributed by atoms with van der Waals surface area (Å²) in [5, 5.41) is 17.0. The van der Waals surface area contributed by atoms with Crippen molar-refractivity contribution in [3.05, 3.63) is 17.4 Å². The fourth-order valence-electron chi connectivity index (χ4n) is 2.10. The van der Waals surface area contributed by atoms with Gasteiger partial charge in [0.15, 0.2) is 10.6 Å². The van der Waals surface area contributed by atoms with E-state index >= 15 is 0 Å². The van der Waals surface area contributed by atoms with Crippen molar-refractivity contribution < 1.29 is 9.84 Å². The Hall–Kier alpha value is -2.30. The number of aromatic nitrogens is 5. The molecule has 0 saturated heterocycles. The summed E-state index contributed by atoms with van der Waals surface area (Å²) in [6.45, 7) is 3.47. The number of fused-ring (bicyclic) bond motifs is 1. The highest BCUT2D eigenvalue weighted by Gasteiger charge is 2.11. The first-order chi connectivity index (χ1) is 11.7. The van der Waals surface area contributed by atoms with Gasteiger partial charge < -0.3 is 20.9 Å². The van der Waals surface area contributed by atoms with Gasteiger partial charge in [-0.2, -0.15) is 15.1 Å². The summed E-state index contributed by atoms with van der Waals surface area (Å²) in [5.41, 5.74) is 7.39. The number of ether oxygens (including phenoxy) is 1. The normalized spacial score (nSPS) is 11.2. The van der Waals surface area contributed by atoms with Gasteiger partial charge in [0.05, 0.1) is 43.3 Å². The Morgan fingerprint density at radius 2 is 2.21 bits per heavy atom. The molecule has 0 fully saturated rings. The smallest absolute Gasteiger partial charge is 0.230 e. The van der Waals surface area contributed by atoms with E-state index in [1.807, 2.05) is 13.1 Å². The Labute approximate surface area is 142 Å². The number of hydrogen-bond acceptors (Lipinski definition) is 9. The second kappa shape index (κ2) is 7.51. The topological polar surface area (TPSA) is 124 Å². The van der Waals surface area contributed by atoms with Crippen molar-refractivity contribution in [3.8, 4) is 0 Å². The van der Waals surface area contributed by atoms with Crippen molar-refractivity contribution in [2.24, 2.45) is 0 Å². The highest BCUT2D eigenvalue weighted by molar-refractivity contribution is 7.18. The first-order valence-electron chi connectivity index (χ1n) is 7.60. The summed E-state index contributed by atoms with van der Waals surface area (Å²) in [4.78, 5) is 13.9. The second-order valence-electron chi connectivity index (χ2n) is 5.00. The summed E-state index contributed by atoms with van der Waals surface area (Å²) >= 11 is 1.52. The van der Waals surface area contributed by atoms with Gasteiger partial charge in [-0.1, -0.05) is 18.3 Å². The van der Waals surface area contributed by atoms with Crippen molar-refractivity contribution in [3.63, 3.8) is 0 Å². The molecule has 0 aliphatic carbocycles. The number of rotatable bonds is 8. The second-order valence-corrected chi connectivity index (χ2v) is 6.06. The van der Waals surface area contributed by atoms with Crippen LogP contribution >= 0.6 is 11.3 Å². The number of nitrogens with one attached hydrogen (secondary N) is 1. The lowest BCUT2D eigenvalue weighted by molar-refractivity contribution is 0.0854. The number of aliphatic hydroxyl groups is 1. The van der Waals surface area contributed by atoms with Crippen molar-refractivity contribution >= 4 is 39.1 Å². The molecule has 3 rings (SSSR count). The van der Waals surface area contributed by atoms with Gasteiger partial charge in [-0.05, 0) is 6.42 Å². The van der Waals surface area contributed by atoms with Crippen LogP contribution < -0.4 is 11.1 Å². The fourth-order valence-corrected chi connectivity index (χ4v) is 2.98. The Bertz CT molecular complexity index is 817. The largest absolute Gasteiger partial charge is 0.394 e. The molecule has 0 unspecified atom stereocenters. The van der Waals surface area contributed by atoms with Crippen molar-refractivity contribution in [2.45, 2.75) is 19.9 Å². The van der Waals surface area contributed by atoms with Crippen LogP contribution in [0.15, 0.2) is 12.4 Å². The Morgan fingerprint density at radius 1 is 1.33 bits per heavy atom. The van der Waals surface area contributed by atoms with Crippen molar-refractivity contribution in [1.82, 2.24) is 24.7 Å². The van der Waals surface area contributed by atoms with E-state index in [4.69, 9.17) is 15.6 Å². The molecule has 24 heavy (non-hydrogen) atoms. The van der Waals surface area contributed by atoms with Gasteiger partial charge in [0.1, 0.15) is 5.52 Å². The minimum Gasteiger partial charge on any atom is -0.394 e. The average molecular weight is 349 g/mol. The van der Waals surface area contributed by atoms with E-state index in [0.717, 1.165) is 21.9 Å². The lowest BCUT2D eigenvalue weighted by Crippen LogP contribution is -2.08. The maximum Gasteiger partial charge on any atom is 0.230 e. The summed E-state index contributed by atoms with van der Waals surface area (Å²) in [6.07, 6.45) is 4.35. The Kier molecular flexibility index (Phi) is 5.18. The highest BCUT2D eigenvalue weighted by atomic mass is 32.1. The molecular weight excluding hydrogens is 330 g/mol. The molecule has 3 aromatic heterocycles. The first-order valence-corrected chi connectivity index (χ1v) is 8.42. The molecule has 3 aromatic rings. The van der Waals surface area contributed by atoms with Crippen LogP contribution in [0.2, 0.25) is 0 Å². The van der Waals surface area contributed by atoms with Gasteiger partial charge >= 0.3 is 0 Å². The minimum atomic E-state index is 0.0183. The van der Waals surface area contributed by atoms with Gasteiger partial charge in [0.2, 0.25) is 5.95 Å². The van der Waals surface area contributed by atoms with Gasteiger partial charge in [-0.15, -0.1) is 0 Å². The van der Waals surface area contributed by atoms with Crippen LogP contribution in [-0.2, 0) is 17.7 Å². The first kappa shape index (κ1) is 16.6. The predicted molar refractivity (Wildman–Crippen MR) is 92.4 cm³/mol. The third-order valence-electron chi connectivity index (χ3n) is 3.22. The van der Waals surface area contributed by atoms with E-state index in [0.29, 0.717) is 37.0 Å². The van der Waals surface area contributed by atoms with Gasteiger partial charge in [0, 0.05) is 6.20 Å². The van der Waals surface area contributed by atoms with Crippen LogP contribution in [-0.4, -0.2) is 49.7 Å². The zero-order chi connectivity index (χ0) is 16.9. The molecule has 0 spiro atoms. The molecule has 128 valence electrons. The summed E-state index contributed by atoms with van der Waals surface area (Å²) < 4.78 is 6.95. The van der Waals surface area contributed by atoms with E-state index in [2.05, 4.69) is 25.4 Å². The predicted octanol–water partition coefficient (Wildman–Crippen LogP) is 1.18. The molecule has 0 atom stereocenters. The fraction of sp³-hybridized carbons (Fsp3) is 0.429. The molecule has 0 bridgehead atoms.